The Kier molecular flexibility index (Phi) is 7.67. The number of hydrogen-bond donors (Lipinski definition) is 4. The molecule has 2 aliphatic heterocycles. The van der Waals surface area contributed by atoms with Crippen molar-refractivity contribution in [3.63, 3.8) is 0 Å². The fraction of sp³-hybridized carbons (Fsp3) is 0.519. The second-order valence-corrected chi connectivity index (χ2v) is 9.89. The van der Waals surface area contributed by atoms with Crippen LogP contribution < -0.4 is 20.7 Å². The van der Waals surface area contributed by atoms with Gasteiger partial charge in [-0.25, -0.2) is 4.79 Å². The number of benzene rings is 1. The van der Waals surface area contributed by atoms with Crippen LogP contribution in [-0.2, 0) is 16.1 Å². The Morgan fingerprint density at radius 1 is 1.11 bits per heavy atom. The zero-order valence-corrected chi connectivity index (χ0v) is 20.3. The van der Waals surface area contributed by atoms with Crippen molar-refractivity contribution >= 4 is 17.6 Å². The molecule has 4 N–H and O–H groups in total. The van der Waals surface area contributed by atoms with Gasteiger partial charge in [0.05, 0.1) is 31.4 Å². The first-order valence-corrected chi connectivity index (χ1v) is 12.9. The zero-order valence-electron chi connectivity index (χ0n) is 20.3. The van der Waals surface area contributed by atoms with Crippen LogP contribution in [0.4, 0.5) is 10.5 Å². The van der Waals surface area contributed by atoms with Crippen LogP contribution in [0.3, 0.4) is 0 Å². The third kappa shape index (κ3) is 5.79. The smallest absolute Gasteiger partial charge is 0.319 e. The summed E-state index contributed by atoms with van der Waals surface area (Å²) in [7, 11) is 0. The molecule has 3 amide bonds. The summed E-state index contributed by atoms with van der Waals surface area (Å²) in [5, 5.41) is 18.9. The summed E-state index contributed by atoms with van der Waals surface area (Å²) in [6, 6.07) is 11.2. The molecule has 1 aromatic heterocycles. The number of nitrogens with one attached hydrogen (secondary N) is 3. The molecule has 1 saturated carbocycles. The third-order valence-corrected chi connectivity index (χ3v) is 7.30. The van der Waals surface area contributed by atoms with E-state index in [2.05, 4.69) is 20.9 Å². The van der Waals surface area contributed by atoms with Crippen molar-refractivity contribution in [2.75, 3.05) is 11.9 Å². The molecule has 0 unspecified atom stereocenters. The number of amides is 3. The zero-order chi connectivity index (χ0) is 24.9. The summed E-state index contributed by atoms with van der Waals surface area (Å²) < 4.78 is 12.2. The Bertz CT molecular complexity index is 1060. The van der Waals surface area contributed by atoms with Crippen LogP contribution in [0.1, 0.15) is 62.1 Å². The molecule has 5 rings (SSSR count). The standard InChI is InChI=1S/C27H34N4O5/c32-16-24-26-22(13-20(35-24)14-25(33)29-15-19-8-4-5-11-28-19)21-12-18(9-10-23(21)36-26)31-27(34)30-17-6-2-1-3-7-17/h4-5,8-12,17,20,22,24,26,32H,1-3,6-7,13-16H2,(H,29,33)(H2,30,31,34)/t20-,22-,24+,26+/m0/s1. The minimum absolute atomic E-state index is 0.0392. The maximum atomic E-state index is 12.6. The minimum Gasteiger partial charge on any atom is -0.487 e. The Morgan fingerprint density at radius 2 is 1.97 bits per heavy atom. The second-order valence-electron chi connectivity index (χ2n) is 9.89. The average Bonchev–Trinajstić information content (AvgIpc) is 3.26. The molecule has 0 spiro atoms. The van der Waals surface area contributed by atoms with E-state index in [1.807, 2.05) is 36.4 Å². The molecular weight excluding hydrogens is 460 g/mol. The van der Waals surface area contributed by atoms with E-state index in [1.54, 1.807) is 6.20 Å². The number of aromatic nitrogens is 1. The molecule has 2 fully saturated rings. The second kappa shape index (κ2) is 11.3. The number of hydrogen-bond acceptors (Lipinski definition) is 6. The molecule has 192 valence electrons. The van der Waals surface area contributed by atoms with E-state index < -0.39 is 6.10 Å². The van der Waals surface area contributed by atoms with Crippen LogP contribution in [0.15, 0.2) is 42.6 Å². The van der Waals surface area contributed by atoms with Gasteiger partial charge in [-0.05, 0) is 49.6 Å². The molecule has 2 aromatic rings. The summed E-state index contributed by atoms with van der Waals surface area (Å²) in [4.78, 5) is 29.4. The molecule has 9 nitrogen and oxygen atoms in total. The number of urea groups is 1. The largest absolute Gasteiger partial charge is 0.487 e. The molecule has 3 aliphatic rings. The quantitative estimate of drug-likeness (QED) is 0.469. The van der Waals surface area contributed by atoms with Crippen molar-refractivity contribution in [2.24, 2.45) is 0 Å². The average molecular weight is 495 g/mol. The van der Waals surface area contributed by atoms with Gasteiger partial charge in [0.15, 0.2) is 0 Å². The van der Waals surface area contributed by atoms with E-state index in [1.165, 1.54) is 6.42 Å². The third-order valence-electron chi connectivity index (χ3n) is 7.30. The SMILES string of the molecule is O=C(C[C@@H]1C[C@H]2c3cc(NC(=O)NC4CCCCC4)ccc3O[C@H]2[C@@H](CO)O1)NCc1ccccn1. The van der Waals surface area contributed by atoms with Crippen LogP contribution in [0, 0.1) is 0 Å². The molecule has 0 bridgehead atoms. The Balaban J connectivity index is 1.21. The molecule has 3 heterocycles. The highest BCUT2D eigenvalue weighted by molar-refractivity contribution is 5.89. The molecule has 1 saturated heterocycles. The Morgan fingerprint density at radius 3 is 2.75 bits per heavy atom. The number of ether oxygens (including phenoxy) is 2. The molecule has 1 aliphatic carbocycles. The van der Waals surface area contributed by atoms with Gasteiger partial charge >= 0.3 is 6.03 Å². The Hall–Kier alpha value is -3.17. The summed E-state index contributed by atoms with van der Waals surface area (Å²) in [5.41, 5.74) is 2.45. The molecule has 1 aromatic carbocycles. The monoisotopic (exact) mass is 494 g/mol. The lowest BCUT2D eigenvalue weighted by molar-refractivity contribution is -0.142. The van der Waals surface area contributed by atoms with E-state index in [-0.39, 0.29) is 49.1 Å². The number of rotatable bonds is 7. The Labute approximate surface area is 211 Å². The van der Waals surface area contributed by atoms with Gasteiger partial charge < -0.3 is 30.5 Å². The molecule has 0 radical (unpaired) electrons. The summed E-state index contributed by atoms with van der Waals surface area (Å²) >= 11 is 0. The normalized spacial score (nSPS) is 25.2. The highest BCUT2D eigenvalue weighted by Crippen LogP contribution is 2.47. The lowest BCUT2D eigenvalue weighted by Crippen LogP contribution is -2.47. The van der Waals surface area contributed by atoms with Gasteiger partial charge in [0.2, 0.25) is 5.91 Å². The van der Waals surface area contributed by atoms with E-state index >= 15 is 0 Å². The van der Waals surface area contributed by atoms with Gasteiger partial charge in [-0.1, -0.05) is 25.3 Å². The summed E-state index contributed by atoms with van der Waals surface area (Å²) in [6.45, 7) is 0.155. The minimum atomic E-state index is -0.532. The van der Waals surface area contributed by atoms with E-state index in [9.17, 15) is 14.7 Å². The number of anilines is 1. The summed E-state index contributed by atoms with van der Waals surface area (Å²) in [5.74, 6) is 0.558. The van der Waals surface area contributed by atoms with Crippen LogP contribution in [-0.4, -0.2) is 53.0 Å². The molecular formula is C27H34N4O5. The van der Waals surface area contributed by atoms with Crippen LogP contribution in [0.5, 0.6) is 5.75 Å². The van der Waals surface area contributed by atoms with Gasteiger partial charge in [-0.15, -0.1) is 0 Å². The number of nitrogens with zero attached hydrogens (tertiary/aromatic N) is 1. The predicted molar refractivity (Wildman–Crippen MR) is 134 cm³/mol. The number of carbonyl (C=O) groups excluding carboxylic acids is 2. The highest BCUT2D eigenvalue weighted by atomic mass is 16.6. The fourth-order valence-corrected chi connectivity index (χ4v) is 5.54. The molecule has 36 heavy (non-hydrogen) atoms. The van der Waals surface area contributed by atoms with Crippen molar-refractivity contribution in [1.82, 2.24) is 15.6 Å². The first-order chi connectivity index (χ1) is 17.6. The van der Waals surface area contributed by atoms with Crippen LogP contribution in [0.2, 0.25) is 0 Å². The number of aliphatic hydroxyl groups excluding tert-OH is 1. The maximum absolute atomic E-state index is 12.6. The van der Waals surface area contributed by atoms with Crippen LogP contribution in [0.25, 0.3) is 0 Å². The topological polar surface area (TPSA) is 122 Å². The van der Waals surface area contributed by atoms with Crippen molar-refractivity contribution in [3.8, 4) is 5.75 Å². The highest BCUT2D eigenvalue weighted by Gasteiger charge is 2.46. The fourth-order valence-electron chi connectivity index (χ4n) is 5.54. The maximum Gasteiger partial charge on any atom is 0.319 e. The summed E-state index contributed by atoms with van der Waals surface area (Å²) in [6.07, 6.45) is 6.83. The molecule has 9 heteroatoms. The predicted octanol–water partition coefficient (Wildman–Crippen LogP) is 3.24. The van der Waals surface area contributed by atoms with Gasteiger partial charge in [0, 0.05) is 29.4 Å². The first-order valence-electron chi connectivity index (χ1n) is 12.9. The van der Waals surface area contributed by atoms with E-state index in [0.29, 0.717) is 18.7 Å². The van der Waals surface area contributed by atoms with Gasteiger partial charge in [0.1, 0.15) is 18.0 Å². The van der Waals surface area contributed by atoms with Gasteiger partial charge in [-0.2, -0.15) is 0 Å². The first kappa shape index (κ1) is 24.5. The lowest BCUT2D eigenvalue weighted by Gasteiger charge is -2.37. The van der Waals surface area contributed by atoms with Crippen molar-refractivity contribution in [2.45, 2.75) is 81.8 Å². The lowest BCUT2D eigenvalue weighted by atomic mass is 9.84. The van der Waals surface area contributed by atoms with Gasteiger partial charge in [-0.3, -0.25) is 9.78 Å². The number of carbonyl (C=O) groups is 2. The molecule has 4 atom stereocenters. The van der Waals surface area contributed by atoms with Crippen molar-refractivity contribution in [3.05, 3.63) is 53.9 Å². The van der Waals surface area contributed by atoms with Crippen molar-refractivity contribution in [1.29, 1.82) is 0 Å². The number of fused-ring (bicyclic) bond motifs is 3. The van der Waals surface area contributed by atoms with E-state index in [0.717, 1.165) is 42.7 Å². The van der Waals surface area contributed by atoms with E-state index in [4.69, 9.17) is 9.47 Å². The van der Waals surface area contributed by atoms with Crippen LogP contribution >= 0.6 is 0 Å². The van der Waals surface area contributed by atoms with Gasteiger partial charge in [0.25, 0.3) is 0 Å². The van der Waals surface area contributed by atoms with Crippen molar-refractivity contribution < 1.29 is 24.2 Å². The number of pyridine rings is 1. The number of aliphatic hydroxyl groups is 1.